The maximum absolute atomic E-state index is 5.26. The van der Waals surface area contributed by atoms with Gasteiger partial charge in [0.1, 0.15) is 0 Å². The molecule has 1 aliphatic rings. The van der Waals surface area contributed by atoms with E-state index in [1.807, 2.05) is 24.9 Å². The quantitative estimate of drug-likeness (QED) is 0.878. The number of anilines is 1. The first-order valence-corrected chi connectivity index (χ1v) is 6.80. The van der Waals surface area contributed by atoms with Gasteiger partial charge in [-0.25, -0.2) is 4.98 Å². The number of rotatable bonds is 3. The number of aromatic nitrogens is 1. The van der Waals surface area contributed by atoms with Crippen LogP contribution in [0.4, 0.5) is 5.69 Å². The van der Waals surface area contributed by atoms with Crippen LogP contribution in [-0.2, 0) is 0 Å². The molecular weight excluding hydrogens is 220 g/mol. The molecule has 0 aromatic carbocycles. The Morgan fingerprint density at radius 3 is 3.12 bits per heavy atom. The van der Waals surface area contributed by atoms with Crippen molar-refractivity contribution in [2.45, 2.75) is 25.8 Å². The summed E-state index contributed by atoms with van der Waals surface area (Å²) in [6, 6.07) is 2.65. The Kier molecular flexibility index (Phi) is 3.93. The molecule has 1 aromatic heterocycles. The highest BCUT2D eigenvalue weighted by Crippen LogP contribution is 2.26. The lowest BCUT2D eigenvalue weighted by Gasteiger charge is -2.24. The van der Waals surface area contributed by atoms with E-state index in [9.17, 15) is 0 Å². The fourth-order valence-corrected chi connectivity index (χ4v) is 2.97. The van der Waals surface area contributed by atoms with Gasteiger partial charge in [0.2, 0.25) is 5.88 Å². The molecule has 1 saturated heterocycles. The summed E-state index contributed by atoms with van der Waals surface area (Å²) < 4.78 is 5.26. The van der Waals surface area contributed by atoms with Gasteiger partial charge in [-0.1, -0.05) is 0 Å². The first-order chi connectivity index (χ1) is 7.79. The minimum atomic E-state index is 0.552. The van der Waals surface area contributed by atoms with Crippen LogP contribution < -0.4 is 10.1 Å². The van der Waals surface area contributed by atoms with Crippen LogP contribution in [0.5, 0.6) is 5.88 Å². The Bertz CT molecular complexity index is 351. The molecule has 1 aliphatic heterocycles. The molecule has 0 bridgehead atoms. The van der Waals surface area contributed by atoms with Crippen molar-refractivity contribution in [3.63, 3.8) is 0 Å². The van der Waals surface area contributed by atoms with E-state index in [0.717, 1.165) is 11.3 Å². The van der Waals surface area contributed by atoms with Crippen LogP contribution in [0.2, 0.25) is 0 Å². The number of hydrogen-bond acceptors (Lipinski definition) is 4. The fraction of sp³-hybridized carbons (Fsp3) is 0.583. The van der Waals surface area contributed by atoms with E-state index in [1.54, 1.807) is 7.11 Å². The summed E-state index contributed by atoms with van der Waals surface area (Å²) >= 11 is 2.02. The Balaban J connectivity index is 2.09. The van der Waals surface area contributed by atoms with E-state index in [4.69, 9.17) is 4.74 Å². The van der Waals surface area contributed by atoms with Gasteiger partial charge in [-0.3, -0.25) is 0 Å². The second-order valence-corrected chi connectivity index (χ2v) is 5.28. The molecule has 1 atom stereocenters. The number of thioether (sulfide) groups is 1. The van der Waals surface area contributed by atoms with Crippen molar-refractivity contribution in [1.29, 1.82) is 0 Å². The van der Waals surface area contributed by atoms with Gasteiger partial charge in [0.15, 0.2) is 0 Å². The highest BCUT2D eigenvalue weighted by Gasteiger charge is 2.15. The number of aryl methyl sites for hydroxylation is 1. The van der Waals surface area contributed by atoms with Crippen LogP contribution >= 0.6 is 11.8 Å². The van der Waals surface area contributed by atoms with Gasteiger partial charge in [0.05, 0.1) is 12.8 Å². The molecule has 2 rings (SSSR count). The van der Waals surface area contributed by atoms with Gasteiger partial charge >= 0.3 is 0 Å². The van der Waals surface area contributed by atoms with Gasteiger partial charge in [-0.15, -0.1) is 0 Å². The first kappa shape index (κ1) is 11.6. The lowest BCUT2D eigenvalue weighted by atomic mass is 10.1. The number of hydrogen-bond donors (Lipinski definition) is 1. The lowest BCUT2D eigenvalue weighted by Crippen LogP contribution is -2.26. The molecule has 0 saturated carbocycles. The molecular formula is C12H18N2OS. The second-order valence-electron chi connectivity index (χ2n) is 4.13. The number of methoxy groups -OCH3 is 1. The predicted octanol–water partition coefficient (Wildman–Crippen LogP) is 2.71. The molecule has 1 N–H and O–H groups in total. The maximum Gasteiger partial charge on any atom is 0.237 e. The summed E-state index contributed by atoms with van der Waals surface area (Å²) in [6.07, 6.45) is 4.37. The molecule has 16 heavy (non-hydrogen) atoms. The first-order valence-electron chi connectivity index (χ1n) is 5.64. The normalized spacial score (nSPS) is 20.5. The van der Waals surface area contributed by atoms with Gasteiger partial charge in [0, 0.05) is 18.0 Å². The molecule has 0 amide bonds. The van der Waals surface area contributed by atoms with Crippen LogP contribution in [-0.4, -0.2) is 29.6 Å². The number of nitrogens with zero attached hydrogens (tertiary/aromatic N) is 1. The SMILES string of the molecule is COc1ncc(C)cc1NC1CCCSC1. The van der Waals surface area contributed by atoms with Crippen molar-refractivity contribution < 1.29 is 4.74 Å². The number of ether oxygens (including phenoxy) is 1. The Hall–Kier alpha value is -0.900. The summed E-state index contributed by atoms with van der Waals surface area (Å²) in [4.78, 5) is 4.27. The molecule has 1 fully saturated rings. The maximum atomic E-state index is 5.26. The van der Waals surface area contributed by atoms with Crippen molar-refractivity contribution in [2.75, 3.05) is 23.9 Å². The van der Waals surface area contributed by atoms with Gasteiger partial charge in [0.25, 0.3) is 0 Å². The average molecular weight is 238 g/mol. The Labute approximate surface area is 101 Å². The molecule has 0 spiro atoms. The molecule has 0 radical (unpaired) electrons. The number of pyridine rings is 1. The summed E-state index contributed by atoms with van der Waals surface area (Å²) in [7, 11) is 1.67. The highest BCUT2D eigenvalue weighted by molar-refractivity contribution is 7.99. The van der Waals surface area contributed by atoms with Crippen LogP contribution in [0, 0.1) is 6.92 Å². The van der Waals surface area contributed by atoms with Crippen LogP contribution in [0.15, 0.2) is 12.3 Å². The number of nitrogens with one attached hydrogen (secondary N) is 1. The molecule has 4 heteroatoms. The van der Waals surface area contributed by atoms with Crippen LogP contribution in [0.25, 0.3) is 0 Å². The summed E-state index contributed by atoms with van der Waals surface area (Å²) in [5.41, 5.74) is 2.18. The molecule has 1 aromatic rings. The van der Waals surface area contributed by atoms with Gasteiger partial charge in [-0.2, -0.15) is 11.8 Å². The third-order valence-corrected chi connectivity index (χ3v) is 3.92. The van der Waals surface area contributed by atoms with Crippen LogP contribution in [0.3, 0.4) is 0 Å². The summed E-state index contributed by atoms with van der Waals surface area (Å²) in [5.74, 6) is 3.17. The van der Waals surface area contributed by atoms with Crippen molar-refractivity contribution in [2.24, 2.45) is 0 Å². The lowest BCUT2D eigenvalue weighted by molar-refractivity contribution is 0.399. The largest absolute Gasteiger partial charge is 0.480 e. The van der Waals surface area contributed by atoms with Crippen LogP contribution in [0.1, 0.15) is 18.4 Å². The third kappa shape index (κ3) is 2.82. The average Bonchev–Trinajstić information content (AvgIpc) is 2.31. The zero-order valence-corrected chi connectivity index (χ0v) is 10.6. The van der Waals surface area contributed by atoms with Crippen molar-refractivity contribution >= 4 is 17.4 Å². The van der Waals surface area contributed by atoms with Gasteiger partial charge in [-0.05, 0) is 37.1 Å². The third-order valence-electron chi connectivity index (χ3n) is 2.70. The molecule has 1 unspecified atom stereocenters. The second kappa shape index (κ2) is 5.43. The summed E-state index contributed by atoms with van der Waals surface area (Å²) in [5, 5.41) is 3.53. The fourth-order valence-electron chi connectivity index (χ4n) is 1.90. The molecule has 3 nitrogen and oxygen atoms in total. The topological polar surface area (TPSA) is 34.1 Å². The van der Waals surface area contributed by atoms with E-state index < -0.39 is 0 Å². The Morgan fingerprint density at radius 1 is 1.56 bits per heavy atom. The molecule has 2 heterocycles. The molecule has 0 aliphatic carbocycles. The van der Waals surface area contributed by atoms with E-state index >= 15 is 0 Å². The smallest absolute Gasteiger partial charge is 0.237 e. The van der Waals surface area contributed by atoms with Crippen molar-refractivity contribution in [3.8, 4) is 5.88 Å². The minimum Gasteiger partial charge on any atom is -0.480 e. The standard InChI is InChI=1S/C12H18N2OS/c1-9-6-11(12(15-2)13-7-9)14-10-4-3-5-16-8-10/h6-7,10,14H,3-5,8H2,1-2H3. The Morgan fingerprint density at radius 2 is 2.44 bits per heavy atom. The van der Waals surface area contributed by atoms with E-state index in [2.05, 4.69) is 16.4 Å². The minimum absolute atomic E-state index is 0.552. The van der Waals surface area contributed by atoms with E-state index in [-0.39, 0.29) is 0 Å². The van der Waals surface area contributed by atoms with Gasteiger partial charge < -0.3 is 10.1 Å². The summed E-state index contributed by atoms with van der Waals surface area (Å²) in [6.45, 7) is 2.05. The van der Waals surface area contributed by atoms with Crippen molar-refractivity contribution in [1.82, 2.24) is 4.98 Å². The van der Waals surface area contributed by atoms with E-state index in [0.29, 0.717) is 11.9 Å². The predicted molar refractivity (Wildman–Crippen MR) is 69.5 cm³/mol. The zero-order valence-electron chi connectivity index (χ0n) is 9.82. The van der Waals surface area contributed by atoms with E-state index in [1.165, 1.54) is 24.3 Å². The monoisotopic (exact) mass is 238 g/mol. The zero-order chi connectivity index (χ0) is 11.4. The molecule has 88 valence electrons. The highest BCUT2D eigenvalue weighted by atomic mass is 32.2. The van der Waals surface area contributed by atoms with Crippen molar-refractivity contribution in [3.05, 3.63) is 17.8 Å².